The van der Waals surface area contributed by atoms with Gasteiger partial charge in [-0.1, -0.05) is 73.7 Å². The second-order valence-electron chi connectivity index (χ2n) is 6.81. The van der Waals surface area contributed by atoms with E-state index in [1.807, 2.05) is 18.2 Å². The molecule has 2 aromatic rings. The molecule has 1 nitrogen and oxygen atoms in total. The van der Waals surface area contributed by atoms with E-state index in [-0.39, 0.29) is 0 Å². The van der Waals surface area contributed by atoms with Gasteiger partial charge in [-0.2, -0.15) is 0 Å². The molecular weight excluding hydrogens is 292 g/mol. The maximum absolute atomic E-state index is 13.4. The number of benzene rings is 2. The minimum absolute atomic E-state index is 0.293. The largest absolute Gasteiger partial charge is 0.293 e. The van der Waals surface area contributed by atoms with Crippen molar-refractivity contribution < 1.29 is 4.79 Å². The fourth-order valence-electron chi connectivity index (χ4n) is 4.24. The molecule has 0 heterocycles. The van der Waals surface area contributed by atoms with Crippen LogP contribution < -0.4 is 0 Å². The summed E-state index contributed by atoms with van der Waals surface area (Å²) in [5.74, 6) is 0.293. The Balaban J connectivity index is 1.83. The quantitative estimate of drug-likeness (QED) is 0.690. The van der Waals surface area contributed by atoms with Crippen LogP contribution in [0.25, 0.3) is 5.57 Å². The summed E-state index contributed by atoms with van der Waals surface area (Å²) in [4.78, 5) is 13.4. The van der Waals surface area contributed by atoms with E-state index in [2.05, 4.69) is 55.5 Å². The SMILES string of the molecule is CC/C=C/CC1(C2=CCc3ccccc32)Cc2ccccc2C1=O. The van der Waals surface area contributed by atoms with E-state index in [4.69, 9.17) is 0 Å². The fraction of sp³-hybridized carbons (Fsp3) is 0.261. The summed E-state index contributed by atoms with van der Waals surface area (Å²) in [6.45, 7) is 2.14. The highest BCUT2D eigenvalue weighted by atomic mass is 16.1. The number of carbonyl (C=O) groups is 1. The van der Waals surface area contributed by atoms with Crippen molar-refractivity contribution in [1.82, 2.24) is 0 Å². The minimum Gasteiger partial charge on any atom is -0.293 e. The lowest BCUT2D eigenvalue weighted by molar-refractivity contribution is 0.0887. The maximum Gasteiger partial charge on any atom is 0.174 e. The van der Waals surface area contributed by atoms with Gasteiger partial charge in [0.05, 0.1) is 5.41 Å². The fourth-order valence-corrected chi connectivity index (χ4v) is 4.24. The Morgan fingerprint density at radius 2 is 1.67 bits per heavy atom. The van der Waals surface area contributed by atoms with Crippen LogP contribution in [0.15, 0.2) is 66.8 Å². The monoisotopic (exact) mass is 314 g/mol. The zero-order valence-electron chi connectivity index (χ0n) is 14.1. The first kappa shape index (κ1) is 15.1. The predicted octanol–water partition coefficient (Wildman–Crippen LogP) is 5.41. The summed E-state index contributed by atoms with van der Waals surface area (Å²) in [5.41, 5.74) is 5.52. The predicted molar refractivity (Wildman–Crippen MR) is 99.1 cm³/mol. The van der Waals surface area contributed by atoms with Crippen molar-refractivity contribution in [3.05, 3.63) is 89.0 Å². The van der Waals surface area contributed by atoms with Gasteiger partial charge in [0.1, 0.15) is 0 Å². The van der Waals surface area contributed by atoms with Gasteiger partial charge in [0, 0.05) is 5.56 Å². The Labute approximate surface area is 143 Å². The molecule has 0 fully saturated rings. The first-order valence-electron chi connectivity index (χ1n) is 8.83. The molecule has 2 aromatic carbocycles. The Kier molecular flexibility index (Phi) is 3.72. The number of rotatable bonds is 4. The topological polar surface area (TPSA) is 17.1 Å². The molecule has 1 heteroatoms. The lowest BCUT2D eigenvalue weighted by Gasteiger charge is -2.29. The number of ketones is 1. The van der Waals surface area contributed by atoms with Crippen LogP contribution in [-0.4, -0.2) is 5.78 Å². The van der Waals surface area contributed by atoms with Crippen molar-refractivity contribution in [3.63, 3.8) is 0 Å². The molecule has 4 rings (SSSR count). The molecular formula is C23H22O. The summed E-state index contributed by atoms with van der Waals surface area (Å²) in [6.07, 6.45) is 10.2. The molecule has 1 atom stereocenters. The number of Topliss-reactive ketones (excluding diaryl/α,β-unsaturated/α-hetero) is 1. The molecule has 0 amide bonds. The molecule has 0 bridgehead atoms. The number of allylic oxidation sites excluding steroid dienone is 4. The molecule has 0 spiro atoms. The van der Waals surface area contributed by atoms with Crippen LogP contribution in [0.4, 0.5) is 0 Å². The second kappa shape index (κ2) is 5.90. The molecule has 2 aliphatic carbocycles. The molecule has 1 unspecified atom stereocenters. The molecule has 0 radical (unpaired) electrons. The third-order valence-electron chi connectivity index (χ3n) is 5.41. The van der Waals surface area contributed by atoms with Gasteiger partial charge in [0.25, 0.3) is 0 Å². The zero-order chi connectivity index (χ0) is 16.6. The summed E-state index contributed by atoms with van der Waals surface area (Å²) >= 11 is 0. The Hall–Kier alpha value is -2.41. The normalized spacial score (nSPS) is 21.9. The molecule has 24 heavy (non-hydrogen) atoms. The van der Waals surface area contributed by atoms with Crippen LogP contribution >= 0.6 is 0 Å². The van der Waals surface area contributed by atoms with Crippen molar-refractivity contribution in [2.24, 2.45) is 5.41 Å². The van der Waals surface area contributed by atoms with E-state index in [9.17, 15) is 4.79 Å². The number of carbonyl (C=O) groups excluding carboxylic acids is 1. The smallest absolute Gasteiger partial charge is 0.174 e. The van der Waals surface area contributed by atoms with Crippen molar-refractivity contribution in [2.45, 2.75) is 32.6 Å². The molecule has 0 N–H and O–H groups in total. The zero-order valence-corrected chi connectivity index (χ0v) is 14.1. The highest BCUT2D eigenvalue weighted by molar-refractivity contribution is 6.12. The van der Waals surface area contributed by atoms with Gasteiger partial charge in [-0.3, -0.25) is 4.79 Å². The van der Waals surface area contributed by atoms with Gasteiger partial charge in [0.2, 0.25) is 0 Å². The van der Waals surface area contributed by atoms with Gasteiger partial charge in [-0.05, 0) is 47.9 Å². The Morgan fingerprint density at radius 3 is 2.42 bits per heavy atom. The molecule has 0 aromatic heterocycles. The minimum atomic E-state index is -0.429. The van der Waals surface area contributed by atoms with Crippen LogP contribution in [0, 0.1) is 5.41 Å². The van der Waals surface area contributed by atoms with Crippen LogP contribution in [-0.2, 0) is 12.8 Å². The average Bonchev–Trinajstić information content (AvgIpc) is 3.16. The molecule has 0 saturated carbocycles. The molecule has 120 valence electrons. The van der Waals surface area contributed by atoms with Crippen LogP contribution in [0.1, 0.15) is 46.8 Å². The first-order chi connectivity index (χ1) is 11.8. The highest BCUT2D eigenvalue weighted by Gasteiger charge is 2.48. The van der Waals surface area contributed by atoms with Gasteiger partial charge >= 0.3 is 0 Å². The Morgan fingerprint density at radius 1 is 0.958 bits per heavy atom. The van der Waals surface area contributed by atoms with Gasteiger partial charge in [-0.25, -0.2) is 0 Å². The van der Waals surface area contributed by atoms with E-state index in [1.54, 1.807) is 0 Å². The van der Waals surface area contributed by atoms with Crippen molar-refractivity contribution in [3.8, 4) is 0 Å². The third-order valence-corrected chi connectivity index (χ3v) is 5.41. The van der Waals surface area contributed by atoms with Crippen molar-refractivity contribution in [2.75, 3.05) is 0 Å². The van der Waals surface area contributed by atoms with E-state index >= 15 is 0 Å². The van der Waals surface area contributed by atoms with Gasteiger partial charge < -0.3 is 0 Å². The number of hydrogen-bond acceptors (Lipinski definition) is 1. The lowest BCUT2D eigenvalue weighted by atomic mass is 9.72. The highest BCUT2D eigenvalue weighted by Crippen LogP contribution is 2.51. The van der Waals surface area contributed by atoms with Crippen LogP contribution in [0.5, 0.6) is 0 Å². The van der Waals surface area contributed by atoms with Crippen LogP contribution in [0.3, 0.4) is 0 Å². The van der Waals surface area contributed by atoms with Crippen molar-refractivity contribution in [1.29, 1.82) is 0 Å². The molecule has 0 aliphatic heterocycles. The summed E-state index contributed by atoms with van der Waals surface area (Å²) in [5, 5.41) is 0. The maximum atomic E-state index is 13.4. The standard InChI is InChI=1S/C23H22O/c1-2-3-8-15-23(16-18-10-5-7-12-20(18)22(23)24)21-14-13-17-9-4-6-11-19(17)21/h3-12,14H,2,13,15-16H2,1H3/b8-3+. The van der Waals surface area contributed by atoms with E-state index in [1.165, 1.54) is 22.3 Å². The lowest BCUT2D eigenvalue weighted by Crippen LogP contribution is -2.29. The molecule has 2 aliphatic rings. The van der Waals surface area contributed by atoms with E-state index < -0.39 is 5.41 Å². The second-order valence-corrected chi connectivity index (χ2v) is 6.81. The number of hydrogen-bond donors (Lipinski definition) is 0. The summed E-state index contributed by atoms with van der Waals surface area (Å²) < 4.78 is 0. The summed E-state index contributed by atoms with van der Waals surface area (Å²) in [6, 6.07) is 16.7. The van der Waals surface area contributed by atoms with Gasteiger partial charge in [-0.15, -0.1) is 0 Å². The average molecular weight is 314 g/mol. The third kappa shape index (κ3) is 2.19. The molecule has 0 saturated heterocycles. The van der Waals surface area contributed by atoms with Crippen molar-refractivity contribution >= 4 is 11.4 Å². The first-order valence-corrected chi connectivity index (χ1v) is 8.83. The Bertz CT molecular complexity index is 856. The van der Waals surface area contributed by atoms with E-state index in [0.717, 1.165) is 31.2 Å². The van der Waals surface area contributed by atoms with Gasteiger partial charge in [0.15, 0.2) is 5.78 Å². The van der Waals surface area contributed by atoms with E-state index in [0.29, 0.717) is 5.78 Å². The number of fused-ring (bicyclic) bond motifs is 2. The summed E-state index contributed by atoms with van der Waals surface area (Å²) in [7, 11) is 0. The van der Waals surface area contributed by atoms with Crippen LogP contribution in [0.2, 0.25) is 0 Å².